The molecule has 3 aliphatic rings. The molecule has 0 spiro atoms. The Morgan fingerprint density at radius 2 is 1.37 bits per heavy atom. The SMILES string of the molecule is CNCC1=CC2c3ccccc3C1c1ccccc12. The van der Waals surface area contributed by atoms with Gasteiger partial charge in [0.05, 0.1) is 0 Å². The first-order valence-electron chi connectivity index (χ1n) is 6.93. The molecule has 19 heavy (non-hydrogen) atoms. The van der Waals surface area contributed by atoms with Crippen molar-refractivity contribution in [1.82, 2.24) is 5.32 Å². The van der Waals surface area contributed by atoms with Crippen molar-refractivity contribution in [3.05, 3.63) is 82.4 Å². The van der Waals surface area contributed by atoms with Gasteiger partial charge in [0.25, 0.3) is 0 Å². The van der Waals surface area contributed by atoms with Crippen molar-refractivity contribution in [2.24, 2.45) is 0 Å². The van der Waals surface area contributed by atoms with Crippen LogP contribution in [0.1, 0.15) is 34.1 Å². The highest BCUT2D eigenvalue weighted by molar-refractivity contribution is 5.62. The molecule has 0 fully saturated rings. The van der Waals surface area contributed by atoms with Crippen LogP contribution in [0.3, 0.4) is 0 Å². The number of rotatable bonds is 2. The van der Waals surface area contributed by atoms with Gasteiger partial charge in [0, 0.05) is 18.4 Å². The monoisotopic (exact) mass is 247 g/mol. The lowest BCUT2D eigenvalue weighted by molar-refractivity contribution is 0.718. The fourth-order valence-electron chi connectivity index (χ4n) is 3.70. The molecule has 0 radical (unpaired) electrons. The molecule has 0 amide bonds. The summed E-state index contributed by atoms with van der Waals surface area (Å²) < 4.78 is 0. The van der Waals surface area contributed by atoms with E-state index in [9.17, 15) is 0 Å². The number of allylic oxidation sites excluding steroid dienone is 1. The number of nitrogens with one attached hydrogen (secondary N) is 1. The third kappa shape index (κ3) is 1.45. The Hall–Kier alpha value is -1.86. The molecule has 2 bridgehead atoms. The molecule has 0 unspecified atom stereocenters. The zero-order valence-electron chi connectivity index (χ0n) is 11.1. The van der Waals surface area contributed by atoms with Gasteiger partial charge in [-0.1, -0.05) is 54.6 Å². The predicted molar refractivity (Wildman–Crippen MR) is 78.6 cm³/mol. The maximum absolute atomic E-state index is 3.32. The summed E-state index contributed by atoms with van der Waals surface area (Å²) in [5.41, 5.74) is 7.50. The van der Waals surface area contributed by atoms with Crippen molar-refractivity contribution < 1.29 is 0 Å². The zero-order chi connectivity index (χ0) is 12.8. The minimum absolute atomic E-state index is 0.445. The van der Waals surface area contributed by atoms with Crippen molar-refractivity contribution in [3.8, 4) is 0 Å². The normalized spacial score (nSPS) is 22.7. The van der Waals surface area contributed by atoms with Crippen LogP contribution in [0, 0.1) is 0 Å². The summed E-state index contributed by atoms with van der Waals surface area (Å²) in [5, 5.41) is 3.32. The Morgan fingerprint density at radius 1 is 0.842 bits per heavy atom. The van der Waals surface area contributed by atoms with Gasteiger partial charge in [0.1, 0.15) is 0 Å². The van der Waals surface area contributed by atoms with E-state index in [1.54, 1.807) is 0 Å². The van der Waals surface area contributed by atoms with Crippen LogP contribution in [-0.4, -0.2) is 13.6 Å². The van der Waals surface area contributed by atoms with Gasteiger partial charge in [-0.25, -0.2) is 0 Å². The van der Waals surface area contributed by atoms with E-state index in [-0.39, 0.29) is 0 Å². The molecule has 0 aromatic heterocycles. The lowest BCUT2D eigenvalue weighted by atomic mass is 9.64. The predicted octanol–water partition coefficient (Wildman–Crippen LogP) is 3.42. The van der Waals surface area contributed by atoms with Gasteiger partial charge in [-0.2, -0.15) is 0 Å². The molecule has 0 saturated carbocycles. The Bertz CT molecular complexity index is 621. The average Bonchev–Trinajstić information content (AvgIpc) is 2.48. The van der Waals surface area contributed by atoms with E-state index in [4.69, 9.17) is 0 Å². The largest absolute Gasteiger partial charge is 0.316 e. The van der Waals surface area contributed by atoms with Crippen molar-refractivity contribution in [2.45, 2.75) is 11.8 Å². The van der Waals surface area contributed by atoms with Gasteiger partial charge in [-0.3, -0.25) is 0 Å². The van der Waals surface area contributed by atoms with Crippen LogP contribution in [0.25, 0.3) is 0 Å². The van der Waals surface area contributed by atoms with Crippen LogP contribution in [0.4, 0.5) is 0 Å². The second-order valence-corrected chi connectivity index (χ2v) is 5.44. The van der Waals surface area contributed by atoms with Gasteiger partial charge in [-0.05, 0) is 34.9 Å². The minimum Gasteiger partial charge on any atom is -0.316 e. The van der Waals surface area contributed by atoms with Crippen molar-refractivity contribution >= 4 is 0 Å². The van der Waals surface area contributed by atoms with Crippen molar-refractivity contribution in [1.29, 1.82) is 0 Å². The van der Waals surface area contributed by atoms with E-state index in [0.717, 1.165) is 6.54 Å². The first-order chi connectivity index (χ1) is 9.40. The number of likely N-dealkylation sites (N-methyl/N-ethyl adjacent to an activating group) is 1. The third-order valence-electron chi connectivity index (χ3n) is 4.42. The van der Waals surface area contributed by atoms with Crippen LogP contribution in [0.15, 0.2) is 60.2 Å². The van der Waals surface area contributed by atoms with Crippen LogP contribution in [0.5, 0.6) is 0 Å². The Labute approximate surface area is 114 Å². The molecule has 1 nitrogen and oxygen atoms in total. The van der Waals surface area contributed by atoms with Crippen LogP contribution in [0.2, 0.25) is 0 Å². The van der Waals surface area contributed by atoms with Gasteiger partial charge < -0.3 is 5.32 Å². The van der Waals surface area contributed by atoms with Gasteiger partial charge in [0.2, 0.25) is 0 Å². The van der Waals surface area contributed by atoms with Gasteiger partial charge in [-0.15, -0.1) is 0 Å². The maximum atomic E-state index is 3.32. The van der Waals surface area contributed by atoms with E-state index in [2.05, 4.69) is 59.9 Å². The minimum atomic E-state index is 0.445. The number of hydrogen-bond acceptors (Lipinski definition) is 1. The molecule has 94 valence electrons. The molecule has 3 aliphatic carbocycles. The van der Waals surface area contributed by atoms with E-state index in [1.165, 1.54) is 27.8 Å². The quantitative estimate of drug-likeness (QED) is 0.802. The van der Waals surface area contributed by atoms with Crippen molar-refractivity contribution in [3.63, 3.8) is 0 Å². The third-order valence-corrected chi connectivity index (χ3v) is 4.42. The highest BCUT2D eigenvalue weighted by atomic mass is 14.8. The molecule has 1 heteroatoms. The topological polar surface area (TPSA) is 12.0 Å². The molecule has 0 saturated heterocycles. The van der Waals surface area contributed by atoms with Crippen LogP contribution >= 0.6 is 0 Å². The zero-order valence-corrected chi connectivity index (χ0v) is 11.1. The summed E-state index contributed by atoms with van der Waals surface area (Å²) in [4.78, 5) is 0. The smallest absolute Gasteiger partial charge is 0.0318 e. The molecular weight excluding hydrogens is 230 g/mol. The average molecular weight is 247 g/mol. The van der Waals surface area contributed by atoms with Crippen LogP contribution in [-0.2, 0) is 0 Å². The molecule has 1 N–H and O–H groups in total. The van der Waals surface area contributed by atoms with Crippen LogP contribution < -0.4 is 5.32 Å². The Kier molecular flexibility index (Phi) is 2.36. The number of benzene rings is 2. The van der Waals surface area contributed by atoms with Gasteiger partial charge >= 0.3 is 0 Å². The molecule has 5 rings (SSSR count). The molecule has 0 aliphatic heterocycles. The van der Waals surface area contributed by atoms with E-state index < -0.39 is 0 Å². The van der Waals surface area contributed by atoms with E-state index >= 15 is 0 Å². The van der Waals surface area contributed by atoms with E-state index in [0.29, 0.717) is 11.8 Å². The van der Waals surface area contributed by atoms with E-state index in [1.807, 2.05) is 7.05 Å². The molecule has 0 heterocycles. The summed E-state index contributed by atoms with van der Waals surface area (Å²) in [5.74, 6) is 0.894. The second kappa shape index (κ2) is 4.07. The summed E-state index contributed by atoms with van der Waals surface area (Å²) in [6.45, 7) is 0.976. The lowest BCUT2D eigenvalue weighted by Gasteiger charge is -2.40. The number of hydrogen-bond donors (Lipinski definition) is 1. The molecular formula is C18H17N. The molecule has 0 atom stereocenters. The highest BCUT2D eigenvalue weighted by Crippen LogP contribution is 2.51. The fourth-order valence-corrected chi connectivity index (χ4v) is 3.70. The Balaban J connectivity index is 1.97. The standard InChI is InChI=1S/C18H17N/c1-19-11-12-10-17-13-6-2-4-8-15(13)18(12)16-9-5-3-7-14(16)17/h2-10,17-19H,11H2,1H3. The Morgan fingerprint density at radius 3 is 1.89 bits per heavy atom. The summed E-state index contributed by atoms with van der Waals surface area (Å²) in [6, 6.07) is 17.8. The maximum Gasteiger partial charge on any atom is 0.0318 e. The second-order valence-electron chi connectivity index (χ2n) is 5.44. The lowest BCUT2D eigenvalue weighted by Crippen LogP contribution is -2.28. The highest BCUT2D eigenvalue weighted by Gasteiger charge is 2.37. The summed E-state index contributed by atoms with van der Waals surface area (Å²) in [7, 11) is 2.03. The summed E-state index contributed by atoms with van der Waals surface area (Å²) in [6.07, 6.45) is 2.46. The van der Waals surface area contributed by atoms with Gasteiger partial charge in [0.15, 0.2) is 0 Å². The molecule has 2 aromatic carbocycles. The fraction of sp³-hybridized carbons (Fsp3) is 0.222. The van der Waals surface area contributed by atoms with Crippen molar-refractivity contribution in [2.75, 3.05) is 13.6 Å². The summed E-state index contributed by atoms with van der Waals surface area (Å²) >= 11 is 0. The molecule has 2 aromatic rings. The first-order valence-corrected chi connectivity index (χ1v) is 6.93. The first kappa shape index (κ1) is 11.0.